The van der Waals surface area contributed by atoms with Crippen LogP contribution in [0.25, 0.3) is 0 Å². The fraction of sp³-hybridized carbons (Fsp3) is 0.400. The first-order valence-corrected chi connectivity index (χ1v) is 5.66. The normalized spacial score (nSPS) is 10.9. The number of halogens is 3. The van der Waals surface area contributed by atoms with Crippen molar-refractivity contribution in [1.29, 1.82) is 0 Å². The summed E-state index contributed by atoms with van der Waals surface area (Å²) >= 11 is 4.90. The Morgan fingerprint density at radius 2 is 2.16 bits per heavy atom. The van der Waals surface area contributed by atoms with Crippen LogP contribution in [0.15, 0.2) is 18.3 Å². The second-order valence-electron chi connectivity index (χ2n) is 3.43. The molecule has 0 aliphatic heterocycles. The van der Waals surface area contributed by atoms with Crippen molar-refractivity contribution in [2.45, 2.75) is 6.18 Å². The van der Waals surface area contributed by atoms with Gasteiger partial charge in [-0.1, -0.05) is 0 Å². The maximum Gasteiger partial charge on any atom is 0.417 e. The molecule has 0 bridgehead atoms. The molecule has 0 saturated carbocycles. The summed E-state index contributed by atoms with van der Waals surface area (Å²) in [5.74, 6) is 0.226. The highest BCUT2D eigenvalue weighted by molar-refractivity contribution is 7.80. The van der Waals surface area contributed by atoms with Crippen molar-refractivity contribution in [1.82, 2.24) is 15.7 Å². The molecule has 0 aliphatic rings. The number of ether oxygens (including phenoxy) is 1. The monoisotopic (exact) mass is 294 g/mol. The number of pyridine rings is 1. The lowest BCUT2D eigenvalue weighted by Crippen LogP contribution is -2.40. The van der Waals surface area contributed by atoms with E-state index in [0.717, 1.165) is 12.3 Å². The standard InChI is InChI=1S/C10H13F3N4OS/c1-18-5-4-14-9(19)17-16-8-3-2-7(6-15-8)10(11,12)13/h2-3,6H,4-5H2,1H3,(H,15,16)(H2,14,17,19). The van der Waals surface area contributed by atoms with Crippen LogP contribution in [0.1, 0.15) is 5.56 Å². The number of nitrogens with one attached hydrogen (secondary N) is 3. The zero-order valence-corrected chi connectivity index (χ0v) is 10.9. The predicted molar refractivity (Wildman–Crippen MR) is 68.5 cm³/mol. The molecule has 0 fully saturated rings. The molecule has 0 aliphatic carbocycles. The molecule has 1 rings (SSSR count). The molecule has 1 aromatic rings. The first-order chi connectivity index (χ1) is 8.93. The molecule has 1 heterocycles. The quantitative estimate of drug-likeness (QED) is 0.435. The molecule has 0 saturated heterocycles. The molecular formula is C10H13F3N4OS. The van der Waals surface area contributed by atoms with Crippen LogP contribution in [0, 0.1) is 0 Å². The van der Waals surface area contributed by atoms with Crippen molar-refractivity contribution in [2.75, 3.05) is 25.7 Å². The van der Waals surface area contributed by atoms with Crippen molar-refractivity contribution < 1.29 is 17.9 Å². The Morgan fingerprint density at radius 1 is 1.42 bits per heavy atom. The summed E-state index contributed by atoms with van der Waals surface area (Å²) in [6, 6.07) is 2.13. The number of thiocarbonyl (C=S) groups is 1. The van der Waals surface area contributed by atoms with Crippen LogP contribution >= 0.6 is 12.2 Å². The number of hydrogen-bond donors (Lipinski definition) is 3. The molecule has 106 valence electrons. The van der Waals surface area contributed by atoms with E-state index in [0.29, 0.717) is 18.3 Å². The van der Waals surface area contributed by atoms with E-state index in [2.05, 4.69) is 21.2 Å². The van der Waals surface area contributed by atoms with Gasteiger partial charge in [0.15, 0.2) is 5.11 Å². The predicted octanol–water partition coefficient (Wildman–Crippen LogP) is 1.54. The molecule has 19 heavy (non-hydrogen) atoms. The summed E-state index contributed by atoms with van der Waals surface area (Å²) in [7, 11) is 1.56. The highest BCUT2D eigenvalue weighted by Gasteiger charge is 2.30. The van der Waals surface area contributed by atoms with Gasteiger partial charge in [-0.3, -0.25) is 10.9 Å². The number of hydrogen-bond acceptors (Lipinski definition) is 4. The van der Waals surface area contributed by atoms with E-state index in [1.807, 2.05) is 0 Å². The van der Waals surface area contributed by atoms with Gasteiger partial charge in [0.2, 0.25) is 0 Å². The highest BCUT2D eigenvalue weighted by atomic mass is 32.1. The maximum atomic E-state index is 12.3. The number of rotatable bonds is 5. The van der Waals surface area contributed by atoms with Gasteiger partial charge < -0.3 is 10.1 Å². The van der Waals surface area contributed by atoms with Gasteiger partial charge >= 0.3 is 6.18 Å². The highest BCUT2D eigenvalue weighted by Crippen LogP contribution is 2.28. The van der Waals surface area contributed by atoms with E-state index in [-0.39, 0.29) is 5.82 Å². The number of anilines is 1. The Balaban J connectivity index is 2.40. The van der Waals surface area contributed by atoms with Crippen LogP contribution in [0.5, 0.6) is 0 Å². The molecule has 0 spiro atoms. The van der Waals surface area contributed by atoms with E-state index in [1.165, 1.54) is 6.07 Å². The first kappa shape index (κ1) is 15.4. The topological polar surface area (TPSA) is 58.2 Å². The molecule has 9 heteroatoms. The summed E-state index contributed by atoms with van der Waals surface area (Å²) < 4.78 is 41.7. The van der Waals surface area contributed by atoms with E-state index in [9.17, 15) is 13.2 Å². The minimum absolute atomic E-state index is 0.226. The summed E-state index contributed by atoms with van der Waals surface area (Å²) in [5.41, 5.74) is 4.36. The Labute approximate surface area is 113 Å². The van der Waals surface area contributed by atoms with Gasteiger partial charge in [-0.15, -0.1) is 0 Å². The van der Waals surface area contributed by atoms with Gasteiger partial charge in [0, 0.05) is 19.9 Å². The molecule has 0 unspecified atom stereocenters. The Kier molecular flexibility index (Phi) is 5.77. The van der Waals surface area contributed by atoms with E-state index in [1.54, 1.807) is 7.11 Å². The van der Waals surface area contributed by atoms with Crippen molar-refractivity contribution in [3.63, 3.8) is 0 Å². The van der Waals surface area contributed by atoms with Gasteiger partial charge in [-0.2, -0.15) is 13.2 Å². The third-order valence-electron chi connectivity index (χ3n) is 1.99. The lowest BCUT2D eigenvalue weighted by Gasteiger charge is -2.12. The molecular weight excluding hydrogens is 281 g/mol. The van der Waals surface area contributed by atoms with Crippen molar-refractivity contribution in [3.05, 3.63) is 23.9 Å². The minimum atomic E-state index is -4.39. The van der Waals surface area contributed by atoms with E-state index in [4.69, 9.17) is 17.0 Å². The summed E-state index contributed by atoms with van der Waals surface area (Å²) in [4.78, 5) is 3.61. The van der Waals surface area contributed by atoms with Gasteiger partial charge in [-0.05, 0) is 24.4 Å². The number of hydrazine groups is 1. The summed E-state index contributed by atoms with van der Waals surface area (Å²) in [5, 5.41) is 3.11. The summed E-state index contributed by atoms with van der Waals surface area (Å²) in [6.07, 6.45) is -3.65. The average Bonchev–Trinajstić information content (AvgIpc) is 2.36. The Hall–Kier alpha value is -1.61. The molecule has 1 aromatic heterocycles. The van der Waals surface area contributed by atoms with Crippen molar-refractivity contribution in [3.8, 4) is 0 Å². The van der Waals surface area contributed by atoms with Gasteiger partial charge in [0.05, 0.1) is 12.2 Å². The SMILES string of the molecule is COCCNC(=S)NNc1ccc(C(F)(F)F)cn1. The minimum Gasteiger partial charge on any atom is -0.383 e. The zero-order valence-electron chi connectivity index (χ0n) is 10.0. The van der Waals surface area contributed by atoms with E-state index >= 15 is 0 Å². The van der Waals surface area contributed by atoms with Crippen LogP contribution < -0.4 is 16.2 Å². The Morgan fingerprint density at radius 3 is 2.68 bits per heavy atom. The molecule has 0 atom stereocenters. The lowest BCUT2D eigenvalue weighted by atomic mass is 10.3. The van der Waals surface area contributed by atoms with Crippen LogP contribution in [0.4, 0.5) is 19.0 Å². The number of aromatic nitrogens is 1. The second kappa shape index (κ2) is 7.10. The zero-order chi connectivity index (χ0) is 14.3. The van der Waals surface area contributed by atoms with Crippen LogP contribution in [-0.4, -0.2) is 30.4 Å². The molecule has 5 nitrogen and oxygen atoms in total. The molecule has 3 N–H and O–H groups in total. The van der Waals surface area contributed by atoms with Gasteiger partial charge in [0.1, 0.15) is 5.82 Å². The van der Waals surface area contributed by atoms with Gasteiger partial charge in [0.25, 0.3) is 0 Å². The fourth-order valence-corrected chi connectivity index (χ4v) is 1.22. The lowest BCUT2D eigenvalue weighted by molar-refractivity contribution is -0.137. The molecule has 0 amide bonds. The largest absolute Gasteiger partial charge is 0.417 e. The average molecular weight is 294 g/mol. The van der Waals surface area contributed by atoms with Crippen molar-refractivity contribution >= 4 is 23.1 Å². The summed E-state index contributed by atoms with van der Waals surface area (Å²) in [6.45, 7) is 1.00. The second-order valence-corrected chi connectivity index (χ2v) is 3.84. The third kappa shape index (κ3) is 5.71. The number of alkyl halides is 3. The van der Waals surface area contributed by atoms with Crippen LogP contribution in [-0.2, 0) is 10.9 Å². The smallest absolute Gasteiger partial charge is 0.383 e. The Bertz CT molecular complexity index is 410. The van der Waals surface area contributed by atoms with Crippen molar-refractivity contribution in [2.24, 2.45) is 0 Å². The third-order valence-corrected chi connectivity index (χ3v) is 2.23. The molecule has 0 radical (unpaired) electrons. The fourth-order valence-electron chi connectivity index (χ4n) is 1.07. The van der Waals surface area contributed by atoms with Crippen LogP contribution in [0.3, 0.4) is 0 Å². The van der Waals surface area contributed by atoms with Gasteiger partial charge in [-0.25, -0.2) is 4.98 Å². The van der Waals surface area contributed by atoms with E-state index < -0.39 is 11.7 Å². The molecule has 0 aromatic carbocycles. The maximum absolute atomic E-state index is 12.3. The number of nitrogens with zero attached hydrogens (tertiary/aromatic N) is 1. The first-order valence-electron chi connectivity index (χ1n) is 5.25. The van der Waals surface area contributed by atoms with Crippen LogP contribution in [0.2, 0.25) is 0 Å². The number of methoxy groups -OCH3 is 1.